The molecular weight excluding hydrogens is 476 g/mol. The highest BCUT2D eigenvalue weighted by Crippen LogP contribution is 2.33. The minimum Gasteiger partial charge on any atom is -0.495 e. The first-order valence-corrected chi connectivity index (χ1v) is 12.9. The quantitative estimate of drug-likeness (QED) is 0.426. The van der Waals surface area contributed by atoms with E-state index in [-0.39, 0.29) is 10.5 Å². The molecule has 36 heavy (non-hydrogen) atoms. The predicted molar refractivity (Wildman–Crippen MR) is 139 cm³/mol. The van der Waals surface area contributed by atoms with Crippen LogP contribution in [0.3, 0.4) is 0 Å². The van der Waals surface area contributed by atoms with Gasteiger partial charge in [0.25, 0.3) is 10.0 Å². The lowest BCUT2D eigenvalue weighted by Crippen LogP contribution is -2.44. The fourth-order valence-corrected chi connectivity index (χ4v) is 5.87. The molecule has 0 spiro atoms. The van der Waals surface area contributed by atoms with Crippen molar-refractivity contribution in [2.45, 2.75) is 4.90 Å². The summed E-state index contributed by atoms with van der Waals surface area (Å²) >= 11 is 0. The van der Waals surface area contributed by atoms with Crippen LogP contribution in [-0.2, 0) is 10.0 Å². The van der Waals surface area contributed by atoms with Crippen LogP contribution in [0.5, 0.6) is 5.75 Å². The molecule has 5 rings (SSSR count). The summed E-state index contributed by atoms with van der Waals surface area (Å²) < 4.78 is 33.6. The second kappa shape index (κ2) is 9.53. The monoisotopic (exact) mass is 502 g/mol. The molecule has 1 N–H and O–H groups in total. The summed E-state index contributed by atoms with van der Waals surface area (Å²) in [6.45, 7) is 3.85. The maximum Gasteiger partial charge on any atom is 0.269 e. The Morgan fingerprint density at radius 1 is 1.06 bits per heavy atom. The summed E-state index contributed by atoms with van der Waals surface area (Å²) in [6, 6.07) is 17.4. The number of nitrogens with one attached hydrogen (secondary N) is 1. The molecule has 2 aromatic carbocycles. The normalized spacial score (nSPS) is 14.5. The summed E-state index contributed by atoms with van der Waals surface area (Å²) in [6.07, 6.45) is 3.10. The molecule has 0 atom stereocenters. The Bertz CT molecular complexity index is 1570. The van der Waals surface area contributed by atoms with Crippen LogP contribution in [0.15, 0.2) is 71.9 Å². The Kier molecular flexibility index (Phi) is 6.26. The molecule has 0 bridgehead atoms. The highest BCUT2D eigenvalue weighted by atomic mass is 32.2. The first-order valence-electron chi connectivity index (χ1n) is 11.5. The molecule has 3 heterocycles. The van der Waals surface area contributed by atoms with Gasteiger partial charge in [-0.1, -0.05) is 12.1 Å². The third-order valence-electron chi connectivity index (χ3n) is 6.38. The van der Waals surface area contributed by atoms with Gasteiger partial charge < -0.3 is 19.9 Å². The minimum absolute atomic E-state index is 0.0412. The number of ether oxygens (including phenoxy) is 1. The van der Waals surface area contributed by atoms with E-state index < -0.39 is 10.0 Å². The molecule has 4 aromatic rings. The Balaban J connectivity index is 1.46. The van der Waals surface area contributed by atoms with Crippen molar-refractivity contribution in [1.82, 2.24) is 13.9 Å². The topological polar surface area (TPSA) is 103 Å². The van der Waals surface area contributed by atoms with Crippen LogP contribution in [0.1, 0.15) is 5.56 Å². The summed E-state index contributed by atoms with van der Waals surface area (Å²) in [7, 11) is -0.205. The SMILES string of the molecule is COc1cc(Nc2cc3c(ccn3S(=O)(=O)c3ccccc3C#N)cn2)ccc1N1CCN(C)CC1. The summed E-state index contributed by atoms with van der Waals surface area (Å²) in [5.41, 5.74) is 2.36. The van der Waals surface area contributed by atoms with E-state index in [0.717, 1.165) is 43.3 Å². The second-order valence-electron chi connectivity index (χ2n) is 8.65. The Morgan fingerprint density at radius 2 is 1.83 bits per heavy atom. The van der Waals surface area contributed by atoms with Crippen molar-refractivity contribution in [1.29, 1.82) is 5.26 Å². The third kappa shape index (κ3) is 4.34. The molecule has 1 fully saturated rings. The molecule has 0 radical (unpaired) electrons. The molecule has 2 aromatic heterocycles. The van der Waals surface area contributed by atoms with E-state index in [1.165, 1.54) is 22.3 Å². The van der Waals surface area contributed by atoms with E-state index in [0.29, 0.717) is 16.7 Å². The average Bonchev–Trinajstić information content (AvgIpc) is 3.33. The Morgan fingerprint density at radius 3 is 2.58 bits per heavy atom. The smallest absolute Gasteiger partial charge is 0.269 e. The van der Waals surface area contributed by atoms with Gasteiger partial charge in [0.15, 0.2) is 0 Å². The number of aromatic nitrogens is 2. The predicted octanol–water partition coefficient (Wildman–Crippen LogP) is 3.65. The molecule has 0 amide bonds. The molecule has 10 heteroatoms. The van der Waals surface area contributed by atoms with E-state index in [2.05, 4.69) is 27.1 Å². The number of pyridine rings is 1. The van der Waals surface area contributed by atoms with Gasteiger partial charge in [-0.25, -0.2) is 17.4 Å². The van der Waals surface area contributed by atoms with Gasteiger partial charge in [0.1, 0.15) is 22.5 Å². The second-order valence-corrected chi connectivity index (χ2v) is 10.4. The highest BCUT2D eigenvalue weighted by Gasteiger charge is 2.23. The number of rotatable bonds is 6. The van der Waals surface area contributed by atoms with Crippen LogP contribution in [-0.4, -0.2) is 62.6 Å². The van der Waals surface area contributed by atoms with E-state index in [1.54, 1.807) is 37.6 Å². The zero-order valence-electron chi connectivity index (χ0n) is 20.0. The van der Waals surface area contributed by atoms with Gasteiger partial charge in [-0.05, 0) is 37.4 Å². The number of fused-ring (bicyclic) bond motifs is 1. The van der Waals surface area contributed by atoms with Crippen molar-refractivity contribution in [2.24, 2.45) is 0 Å². The van der Waals surface area contributed by atoms with Crippen molar-refractivity contribution in [2.75, 3.05) is 50.6 Å². The number of hydrogen-bond donors (Lipinski definition) is 1. The van der Waals surface area contributed by atoms with Crippen LogP contribution < -0.4 is 15.0 Å². The summed E-state index contributed by atoms with van der Waals surface area (Å²) in [5.74, 6) is 1.24. The number of hydrogen-bond acceptors (Lipinski definition) is 8. The van der Waals surface area contributed by atoms with Crippen LogP contribution in [0.4, 0.5) is 17.2 Å². The maximum atomic E-state index is 13.4. The van der Waals surface area contributed by atoms with Crippen molar-refractivity contribution in [3.63, 3.8) is 0 Å². The number of methoxy groups -OCH3 is 1. The van der Waals surface area contributed by atoms with Crippen molar-refractivity contribution < 1.29 is 13.2 Å². The lowest BCUT2D eigenvalue weighted by atomic mass is 10.2. The molecule has 1 aliphatic heterocycles. The van der Waals surface area contributed by atoms with Crippen molar-refractivity contribution in [3.8, 4) is 11.8 Å². The largest absolute Gasteiger partial charge is 0.495 e. The van der Waals surface area contributed by atoms with Gasteiger partial charge in [-0.2, -0.15) is 5.26 Å². The molecular formula is C26H26N6O3S. The zero-order valence-corrected chi connectivity index (χ0v) is 20.9. The minimum atomic E-state index is -3.98. The molecule has 0 saturated carbocycles. The lowest BCUT2D eigenvalue weighted by molar-refractivity contribution is 0.311. The van der Waals surface area contributed by atoms with Crippen molar-refractivity contribution >= 4 is 38.1 Å². The third-order valence-corrected chi connectivity index (χ3v) is 8.13. The number of benzene rings is 2. The number of nitriles is 1. The van der Waals surface area contributed by atoms with Gasteiger partial charge in [0.05, 0.1) is 23.9 Å². The van der Waals surface area contributed by atoms with E-state index in [9.17, 15) is 13.7 Å². The Hall–Kier alpha value is -4.07. The first-order chi connectivity index (χ1) is 17.4. The Labute approximate surface area is 210 Å². The van der Waals surface area contributed by atoms with E-state index in [1.807, 2.05) is 24.3 Å². The van der Waals surface area contributed by atoms with E-state index >= 15 is 0 Å². The molecule has 0 unspecified atom stereocenters. The standard InChI is InChI=1S/C26H26N6O3S/c1-30-11-13-31(14-12-30)22-8-7-21(15-24(22)35-2)29-26-16-23-20(18-28-26)9-10-32(23)36(33,34)25-6-4-3-5-19(25)17-27/h3-10,15-16,18H,11-14H2,1-2H3,(H,28,29). The number of nitrogens with zero attached hydrogens (tertiary/aromatic N) is 5. The zero-order chi connectivity index (χ0) is 25.3. The number of piperazine rings is 1. The molecule has 184 valence electrons. The van der Waals surface area contributed by atoms with E-state index in [4.69, 9.17) is 4.74 Å². The average molecular weight is 503 g/mol. The summed E-state index contributed by atoms with van der Waals surface area (Å²) in [5, 5.41) is 13.3. The fourth-order valence-electron chi connectivity index (χ4n) is 4.38. The fraction of sp³-hybridized carbons (Fsp3) is 0.231. The summed E-state index contributed by atoms with van der Waals surface area (Å²) in [4.78, 5) is 9.02. The van der Waals surface area contributed by atoms with Gasteiger partial charge >= 0.3 is 0 Å². The van der Waals surface area contributed by atoms with Crippen LogP contribution in [0.25, 0.3) is 10.9 Å². The highest BCUT2D eigenvalue weighted by molar-refractivity contribution is 7.90. The molecule has 9 nitrogen and oxygen atoms in total. The maximum absolute atomic E-state index is 13.4. The lowest BCUT2D eigenvalue weighted by Gasteiger charge is -2.34. The molecule has 0 aliphatic carbocycles. The van der Waals surface area contributed by atoms with Gasteiger partial charge in [0.2, 0.25) is 0 Å². The molecule has 1 saturated heterocycles. The number of likely N-dealkylation sites (N-methyl/N-ethyl adjacent to an activating group) is 1. The van der Waals surface area contributed by atoms with Crippen LogP contribution in [0, 0.1) is 11.3 Å². The van der Waals surface area contributed by atoms with Crippen molar-refractivity contribution in [3.05, 3.63) is 72.6 Å². The number of anilines is 3. The van der Waals surface area contributed by atoms with Gasteiger partial charge in [-0.3, -0.25) is 0 Å². The first kappa shape index (κ1) is 23.7. The van der Waals surface area contributed by atoms with Gasteiger partial charge in [-0.15, -0.1) is 0 Å². The van der Waals surface area contributed by atoms with Crippen LogP contribution >= 0.6 is 0 Å². The van der Waals surface area contributed by atoms with Gasteiger partial charge in [0, 0.05) is 61.8 Å². The molecule has 1 aliphatic rings. The van der Waals surface area contributed by atoms with Crippen LogP contribution in [0.2, 0.25) is 0 Å².